The Labute approximate surface area is 139 Å². The molecule has 1 unspecified atom stereocenters. The molecule has 126 valence electrons. The van der Waals surface area contributed by atoms with Crippen molar-refractivity contribution in [3.05, 3.63) is 46.3 Å². The van der Waals surface area contributed by atoms with Crippen molar-refractivity contribution in [2.75, 3.05) is 0 Å². The third-order valence-corrected chi connectivity index (χ3v) is 4.23. The SMILES string of the molecule is CC1(C(F)(F)F)CC=CN=C1c1cnc2c(=O)[nH]c(CCl)nc2c1. The van der Waals surface area contributed by atoms with E-state index in [2.05, 4.69) is 19.9 Å². The molecule has 3 heterocycles. The van der Waals surface area contributed by atoms with Gasteiger partial charge in [0, 0.05) is 18.0 Å². The van der Waals surface area contributed by atoms with Crippen LogP contribution < -0.4 is 5.56 Å². The lowest BCUT2D eigenvalue weighted by molar-refractivity contribution is -0.191. The highest BCUT2D eigenvalue weighted by Gasteiger charge is 2.54. The Morgan fingerprint density at radius 1 is 1.42 bits per heavy atom. The molecule has 0 spiro atoms. The number of pyridine rings is 1. The van der Waals surface area contributed by atoms with Crippen LogP contribution in [0.5, 0.6) is 0 Å². The third-order valence-electron chi connectivity index (χ3n) is 3.98. The van der Waals surface area contributed by atoms with Crippen molar-refractivity contribution in [2.24, 2.45) is 10.4 Å². The number of H-pyrrole nitrogens is 1. The van der Waals surface area contributed by atoms with E-state index >= 15 is 0 Å². The molecule has 1 aliphatic rings. The summed E-state index contributed by atoms with van der Waals surface area (Å²) in [6.45, 7) is 1.09. The molecular formula is C15H12ClF3N4O. The molecule has 0 aliphatic carbocycles. The predicted molar refractivity (Wildman–Crippen MR) is 84.2 cm³/mol. The number of rotatable bonds is 2. The van der Waals surface area contributed by atoms with E-state index in [4.69, 9.17) is 11.6 Å². The quantitative estimate of drug-likeness (QED) is 0.839. The molecule has 0 saturated carbocycles. The molecule has 1 aliphatic heterocycles. The summed E-state index contributed by atoms with van der Waals surface area (Å²) in [5.74, 6) is 0.191. The van der Waals surface area contributed by atoms with Crippen molar-refractivity contribution in [3.8, 4) is 0 Å². The number of aromatic amines is 1. The molecule has 24 heavy (non-hydrogen) atoms. The van der Waals surface area contributed by atoms with Crippen LogP contribution in [0.3, 0.4) is 0 Å². The number of hydrogen-bond acceptors (Lipinski definition) is 4. The van der Waals surface area contributed by atoms with Gasteiger partial charge in [0.1, 0.15) is 11.2 Å². The summed E-state index contributed by atoms with van der Waals surface area (Å²) in [6.07, 6.45) is -0.776. The lowest BCUT2D eigenvalue weighted by atomic mass is 9.77. The van der Waals surface area contributed by atoms with Crippen molar-refractivity contribution >= 4 is 28.3 Å². The van der Waals surface area contributed by atoms with Crippen LogP contribution >= 0.6 is 11.6 Å². The van der Waals surface area contributed by atoms with E-state index in [0.29, 0.717) is 0 Å². The Kier molecular flexibility index (Phi) is 3.95. The Morgan fingerprint density at radius 3 is 2.83 bits per heavy atom. The Hall–Kier alpha value is -2.22. The fraction of sp³-hybridized carbons (Fsp3) is 0.333. The van der Waals surface area contributed by atoms with Crippen LogP contribution in [0.2, 0.25) is 0 Å². The zero-order valence-electron chi connectivity index (χ0n) is 12.5. The van der Waals surface area contributed by atoms with E-state index < -0.39 is 17.2 Å². The number of alkyl halides is 4. The number of nitrogens with one attached hydrogen (secondary N) is 1. The molecule has 1 N–H and O–H groups in total. The van der Waals surface area contributed by atoms with E-state index in [1.807, 2.05) is 0 Å². The number of halogens is 4. The van der Waals surface area contributed by atoms with Gasteiger partial charge in [-0.25, -0.2) is 9.97 Å². The Bertz CT molecular complexity index is 919. The van der Waals surface area contributed by atoms with Crippen LogP contribution in [0.25, 0.3) is 11.0 Å². The minimum Gasteiger partial charge on any atom is -0.308 e. The van der Waals surface area contributed by atoms with Crippen LogP contribution in [0.15, 0.2) is 34.3 Å². The zero-order chi connectivity index (χ0) is 17.5. The number of hydrogen-bond donors (Lipinski definition) is 1. The molecule has 2 aromatic rings. The van der Waals surface area contributed by atoms with Crippen molar-refractivity contribution < 1.29 is 13.2 Å². The minimum atomic E-state index is -4.48. The molecule has 0 radical (unpaired) electrons. The van der Waals surface area contributed by atoms with Gasteiger partial charge in [0.2, 0.25) is 0 Å². The largest absolute Gasteiger partial charge is 0.399 e. The number of aliphatic imine (C=N–C) groups is 1. The maximum atomic E-state index is 13.5. The standard InChI is InChI=1S/C15H12ClF3N4O/c1-14(15(17,18)19)3-2-4-20-12(14)8-5-9-11(21-7-8)13(24)23-10(6-16)22-9/h2,4-5,7H,3,6H2,1H3,(H,22,23,24). The smallest absolute Gasteiger partial charge is 0.308 e. The summed E-state index contributed by atoms with van der Waals surface area (Å²) in [5.41, 5.74) is -2.40. The highest BCUT2D eigenvalue weighted by atomic mass is 35.5. The van der Waals surface area contributed by atoms with Crippen LogP contribution in [-0.2, 0) is 5.88 Å². The topological polar surface area (TPSA) is 71.0 Å². The highest BCUT2D eigenvalue weighted by Crippen LogP contribution is 2.45. The van der Waals surface area contributed by atoms with E-state index in [-0.39, 0.29) is 40.4 Å². The number of nitrogens with zero attached hydrogens (tertiary/aromatic N) is 3. The van der Waals surface area contributed by atoms with Crippen molar-refractivity contribution in [1.29, 1.82) is 0 Å². The lowest BCUT2D eigenvalue weighted by Crippen LogP contribution is -2.43. The lowest BCUT2D eigenvalue weighted by Gasteiger charge is -2.34. The van der Waals surface area contributed by atoms with Crippen molar-refractivity contribution in [1.82, 2.24) is 15.0 Å². The first-order chi connectivity index (χ1) is 11.3. The first-order valence-corrected chi connectivity index (χ1v) is 7.55. The summed E-state index contributed by atoms with van der Waals surface area (Å²) < 4.78 is 40.6. The molecule has 0 bridgehead atoms. The van der Waals surface area contributed by atoms with Crippen LogP contribution in [0.1, 0.15) is 24.7 Å². The first kappa shape index (κ1) is 16.6. The van der Waals surface area contributed by atoms with Crippen LogP contribution in [-0.4, -0.2) is 26.8 Å². The molecule has 5 nitrogen and oxygen atoms in total. The van der Waals surface area contributed by atoms with Gasteiger partial charge in [0.25, 0.3) is 5.56 Å². The summed E-state index contributed by atoms with van der Waals surface area (Å²) in [5, 5.41) is 0. The van der Waals surface area contributed by atoms with E-state index in [1.165, 1.54) is 24.5 Å². The fourth-order valence-corrected chi connectivity index (χ4v) is 2.69. The maximum Gasteiger partial charge on any atom is 0.399 e. The van der Waals surface area contributed by atoms with Gasteiger partial charge in [0.15, 0.2) is 5.52 Å². The summed E-state index contributed by atoms with van der Waals surface area (Å²) in [6, 6.07) is 1.38. The molecule has 0 amide bonds. The predicted octanol–water partition coefficient (Wildman–Crippen LogP) is 3.33. The molecule has 0 aromatic carbocycles. The van der Waals surface area contributed by atoms with Crippen LogP contribution in [0, 0.1) is 5.41 Å². The second-order valence-electron chi connectivity index (χ2n) is 5.63. The van der Waals surface area contributed by atoms with Gasteiger partial charge in [-0.15, -0.1) is 11.6 Å². The Morgan fingerprint density at radius 2 is 2.17 bits per heavy atom. The average Bonchev–Trinajstić information content (AvgIpc) is 2.53. The molecule has 9 heteroatoms. The van der Waals surface area contributed by atoms with Gasteiger partial charge in [-0.1, -0.05) is 6.08 Å². The number of allylic oxidation sites excluding steroid dienone is 1. The summed E-state index contributed by atoms with van der Waals surface area (Å²) >= 11 is 5.66. The van der Waals surface area contributed by atoms with Crippen molar-refractivity contribution in [2.45, 2.75) is 25.4 Å². The molecule has 0 saturated heterocycles. The maximum absolute atomic E-state index is 13.5. The number of aromatic nitrogens is 3. The fourth-order valence-electron chi connectivity index (χ4n) is 2.57. The van der Waals surface area contributed by atoms with Gasteiger partial charge < -0.3 is 4.98 Å². The molecular weight excluding hydrogens is 345 g/mol. The molecule has 3 rings (SSSR count). The van der Waals surface area contributed by atoms with Gasteiger partial charge in [-0.05, 0) is 19.4 Å². The summed E-state index contributed by atoms with van der Waals surface area (Å²) in [4.78, 5) is 26.4. The van der Waals surface area contributed by atoms with Gasteiger partial charge in [-0.3, -0.25) is 9.79 Å². The van der Waals surface area contributed by atoms with E-state index in [9.17, 15) is 18.0 Å². The zero-order valence-corrected chi connectivity index (χ0v) is 13.2. The normalized spacial score (nSPS) is 21.1. The van der Waals surface area contributed by atoms with E-state index in [0.717, 1.165) is 6.92 Å². The van der Waals surface area contributed by atoms with Crippen molar-refractivity contribution in [3.63, 3.8) is 0 Å². The average molecular weight is 357 g/mol. The monoisotopic (exact) mass is 356 g/mol. The third kappa shape index (κ3) is 2.60. The van der Waals surface area contributed by atoms with Gasteiger partial charge in [0.05, 0.1) is 17.1 Å². The summed E-state index contributed by atoms with van der Waals surface area (Å²) in [7, 11) is 0. The Balaban J connectivity index is 2.20. The molecule has 2 aromatic heterocycles. The number of fused-ring (bicyclic) bond motifs is 1. The van der Waals surface area contributed by atoms with E-state index in [1.54, 1.807) is 0 Å². The van der Waals surface area contributed by atoms with Crippen LogP contribution in [0.4, 0.5) is 13.2 Å². The molecule has 0 fully saturated rings. The highest BCUT2D eigenvalue weighted by molar-refractivity contribution is 6.16. The minimum absolute atomic E-state index is 0.0284. The van der Waals surface area contributed by atoms with Gasteiger partial charge in [-0.2, -0.15) is 13.2 Å². The first-order valence-electron chi connectivity index (χ1n) is 7.01. The molecule has 1 atom stereocenters. The second-order valence-corrected chi connectivity index (χ2v) is 5.90. The second kappa shape index (κ2) is 5.70. The van der Waals surface area contributed by atoms with Gasteiger partial charge >= 0.3 is 6.18 Å².